The van der Waals surface area contributed by atoms with Gasteiger partial charge >= 0.3 is 5.97 Å². The van der Waals surface area contributed by atoms with Gasteiger partial charge in [-0.2, -0.15) is 0 Å². The number of nitrogens with zero attached hydrogens (tertiary/aromatic N) is 1. The van der Waals surface area contributed by atoms with E-state index in [1.165, 1.54) is 11.3 Å². The highest BCUT2D eigenvalue weighted by atomic mass is 32.1. The molecule has 0 aliphatic heterocycles. The normalized spacial score (nSPS) is 10.8. The van der Waals surface area contributed by atoms with Crippen LogP contribution in [0.5, 0.6) is 0 Å². The van der Waals surface area contributed by atoms with Crippen molar-refractivity contribution in [3.05, 3.63) is 41.3 Å². The summed E-state index contributed by atoms with van der Waals surface area (Å²) in [4.78, 5) is 16.5. The lowest BCUT2D eigenvalue weighted by Crippen LogP contribution is -1.94. The number of carboxylic acid groups (broad SMARTS) is 1. The standard InChI is InChI=1S/C12H7NO2S2/c14-12(15)7-3-4-8-10(6-7)17-11(13-8)9-2-1-5-16-9/h1-6H,(H,14,15). The summed E-state index contributed by atoms with van der Waals surface area (Å²) in [6.07, 6.45) is 0. The molecule has 84 valence electrons. The molecule has 17 heavy (non-hydrogen) atoms. The van der Waals surface area contributed by atoms with Crippen LogP contribution in [0.3, 0.4) is 0 Å². The number of aromatic carboxylic acids is 1. The number of benzene rings is 1. The van der Waals surface area contributed by atoms with Crippen LogP contribution >= 0.6 is 22.7 Å². The van der Waals surface area contributed by atoms with Crippen molar-refractivity contribution in [1.82, 2.24) is 4.98 Å². The van der Waals surface area contributed by atoms with Crippen LogP contribution in [0.15, 0.2) is 35.7 Å². The van der Waals surface area contributed by atoms with E-state index in [1.54, 1.807) is 29.5 Å². The topological polar surface area (TPSA) is 50.2 Å². The van der Waals surface area contributed by atoms with Gasteiger partial charge in [0.2, 0.25) is 0 Å². The number of hydrogen-bond donors (Lipinski definition) is 1. The summed E-state index contributed by atoms with van der Waals surface area (Å²) >= 11 is 3.16. The number of thiazole rings is 1. The fourth-order valence-corrected chi connectivity index (χ4v) is 3.37. The first kappa shape index (κ1) is 10.4. The summed E-state index contributed by atoms with van der Waals surface area (Å²) in [5.74, 6) is -0.905. The van der Waals surface area contributed by atoms with Crippen molar-refractivity contribution in [1.29, 1.82) is 0 Å². The van der Waals surface area contributed by atoms with Crippen molar-refractivity contribution < 1.29 is 9.90 Å². The molecule has 2 heterocycles. The zero-order chi connectivity index (χ0) is 11.8. The number of thiophene rings is 1. The monoisotopic (exact) mass is 261 g/mol. The summed E-state index contributed by atoms with van der Waals surface area (Å²) in [7, 11) is 0. The van der Waals surface area contributed by atoms with Gasteiger partial charge in [0.25, 0.3) is 0 Å². The maximum Gasteiger partial charge on any atom is 0.335 e. The molecule has 0 atom stereocenters. The number of rotatable bonds is 2. The quantitative estimate of drug-likeness (QED) is 0.764. The van der Waals surface area contributed by atoms with Gasteiger partial charge in [-0.1, -0.05) is 6.07 Å². The van der Waals surface area contributed by atoms with Gasteiger partial charge in [-0.15, -0.1) is 22.7 Å². The van der Waals surface area contributed by atoms with Gasteiger partial charge in [-0.3, -0.25) is 0 Å². The van der Waals surface area contributed by atoms with Crippen LogP contribution in [-0.2, 0) is 0 Å². The average Bonchev–Trinajstić information content (AvgIpc) is 2.96. The molecule has 0 bridgehead atoms. The third-order valence-electron chi connectivity index (χ3n) is 2.37. The predicted octanol–water partition coefficient (Wildman–Crippen LogP) is 3.72. The van der Waals surface area contributed by atoms with Gasteiger partial charge in [0.05, 0.1) is 20.7 Å². The molecule has 3 aromatic rings. The van der Waals surface area contributed by atoms with E-state index in [4.69, 9.17) is 5.11 Å². The smallest absolute Gasteiger partial charge is 0.335 e. The van der Waals surface area contributed by atoms with E-state index in [9.17, 15) is 4.79 Å². The Morgan fingerprint density at radius 2 is 2.18 bits per heavy atom. The lowest BCUT2D eigenvalue weighted by molar-refractivity contribution is 0.0697. The molecule has 5 heteroatoms. The summed E-state index contributed by atoms with van der Waals surface area (Å²) in [6.45, 7) is 0. The Kier molecular flexibility index (Phi) is 2.42. The zero-order valence-electron chi connectivity index (χ0n) is 8.58. The zero-order valence-corrected chi connectivity index (χ0v) is 10.2. The minimum Gasteiger partial charge on any atom is -0.478 e. The van der Waals surface area contributed by atoms with E-state index >= 15 is 0 Å². The minimum absolute atomic E-state index is 0.305. The molecule has 0 fully saturated rings. The van der Waals surface area contributed by atoms with Crippen molar-refractivity contribution in [3.63, 3.8) is 0 Å². The number of carboxylic acids is 1. The highest BCUT2D eigenvalue weighted by Crippen LogP contribution is 2.33. The third kappa shape index (κ3) is 1.83. The van der Waals surface area contributed by atoms with Crippen LogP contribution in [0.2, 0.25) is 0 Å². The SMILES string of the molecule is O=C(O)c1ccc2nc(-c3cccs3)sc2c1. The first-order chi connectivity index (χ1) is 8.24. The molecule has 0 saturated carbocycles. The molecule has 2 aromatic heterocycles. The maximum absolute atomic E-state index is 10.9. The van der Waals surface area contributed by atoms with E-state index in [2.05, 4.69) is 4.98 Å². The molecule has 0 unspecified atom stereocenters. The lowest BCUT2D eigenvalue weighted by Gasteiger charge is -1.91. The van der Waals surface area contributed by atoms with Crippen molar-refractivity contribution in [3.8, 4) is 9.88 Å². The molecule has 0 spiro atoms. The Morgan fingerprint density at radius 3 is 2.88 bits per heavy atom. The summed E-state index contributed by atoms with van der Waals surface area (Å²) in [5, 5.41) is 11.9. The molecular weight excluding hydrogens is 254 g/mol. The predicted molar refractivity (Wildman–Crippen MR) is 69.9 cm³/mol. The molecule has 1 N–H and O–H groups in total. The van der Waals surface area contributed by atoms with Gasteiger partial charge in [0.1, 0.15) is 5.01 Å². The number of aromatic nitrogens is 1. The van der Waals surface area contributed by atoms with Gasteiger partial charge in [-0.25, -0.2) is 9.78 Å². The van der Waals surface area contributed by atoms with Crippen LogP contribution in [0.4, 0.5) is 0 Å². The van der Waals surface area contributed by atoms with Gasteiger partial charge < -0.3 is 5.11 Å². The third-order valence-corrected chi connectivity index (χ3v) is 4.42. The van der Waals surface area contributed by atoms with Gasteiger partial charge in [0.15, 0.2) is 0 Å². The summed E-state index contributed by atoms with van der Waals surface area (Å²) in [6, 6.07) is 9.01. The van der Waals surface area contributed by atoms with Crippen molar-refractivity contribution in [2.45, 2.75) is 0 Å². The highest BCUT2D eigenvalue weighted by Gasteiger charge is 2.09. The largest absolute Gasteiger partial charge is 0.478 e. The Bertz CT molecular complexity index is 686. The molecular formula is C12H7NO2S2. The van der Waals surface area contributed by atoms with Crippen molar-refractivity contribution in [2.75, 3.05) is 0 Å². The molecule has 3 nitrogen and oxygen atoms in total. The highest BCUT2D eigenvalue weighted by molar-refractivity contribution is 7.25. The molecule has 0 aliphatic carbocycles. The molecule has 0 amide bonds. The number of hydrogen-bond acceptors (Lipinski definition) is 4. The van der Waals surface area contributed by atoms with Crippen LogP contribution in [0.25, 0.3) is 20.1 Å². The van der Waals surface area contributed by atoms with E-state index in [1.807, 2.05) is 17.5 Å². The molecule has 3 rings (SSSR count). The van der Waals surface area contributed by atoms with E-state index in [0.717, 1.165) is 20.1 Å². The second kappa shape index (κ2) is 3.94. The second-order valence-corrected chi connectivity index (χ2v) is 5.46. The molecule has 0 saturated heterocycles. The minimum atomic E-state index is -0.905. The van der Waals surface area contributed by atoms with Crippen LogP contribution in [-0.4, -0.2) is 16.1 Å². The van der Waals surface area contributed by atoms with E-state index in [0.29, 0.717) is 5.56 Å². The summed E-state index contributed by atoms with van der Waals surface area (Å²) in [5.41, 5.74) is 1.15. The Labute approximate surface area is 105 Å². The number of fused-ring (bicyclic) bond motifs is 1. The van der Waals surface area contributed by atoms with Crippen LogP contribution < -0.4 is 0 Å². The lowest BCUT2D eigenvalue weighted by atomic mass is 10.2. The first-order valence-electron chi connectivity index (χ1n) is 4.92. The fourth-order valence-electron chi connectivity index (χ4n) is 1.56. The fraction of sp³-hybridized carbons (Fsp3) is 0. The van der Waals surface area contributed by atoms with Gasteiger partial charge in [-0.05, 0) is 29.6 Å². The van der Waals surface area contributed by atoms with E-state index in [-0.39, 0.29) is 0 Å². The molecule has 0 aliphatic rings. The Morgan fingerprint density at radius 1 is 1.29 bits per heavy atom. The van der Waals surface area contributed by atoms with Crippen LogP contribution in [0, 0.1) is 0 Å². The second-order valence-electron chi connectivity index (χ2n) is 3.48. The van der Waals surface area contributed by atoms with E-state index < -0.39 is 5.97 Å². The van der Waals surface area contributed by atoms with Crippen molar-refractivity contribution >= 4 is 38.9 Å². The van der Waals surface area contributed by atoms with Crippen molar-refractivity contribution in [2.24, 2.45) is 0 Å². The Hall–Kier alpha value is -1.72. The molecule has 1 aromatic carbocycles. The van der Waals surface area contributed by atoms with Crippen LogP contribution in [0.1, 0.15) is 10.4 Å². The first-order valence-corrected chi connectivity index (χ1v) is 6.61. The average molecular weight is 261 g/mol. The molecule has 0 radical (unpaired) electrons. The van der Waals surface area contributed by atoms with Gasteiger partial charge in [0, 0.05) is 0 Å². The maximum atomic E-state index is 10.9. The summed E-state index contributed by atoms with van der Waals surface area (Å²) < 4.78 is 0.910. The Balaban J connectivity index is 2.16. The number of carbonyl (C=O) groups is 1.